The Kier molecular flexibility index (Phi) is 6.68. The molecule has 0 amide bonds. The van der Waals surface area contributed by atoms with Gasteiger partial charge < -0.3 is 0 Å². The lowest BCUT2D eigenvalue weighted by Crippen LogP contribution is -2.01. The molecule has 5 aromatic carbocycles. The molecule has 0 aliphatic heterocycles. The molecule has 0 aliphatic rings. The molecule has 0 atom stereocenters. The minimum atomic E-state index is 0.568. The molecule has 6 nitrogen and oxygen atoms in total. The molecule has 4 heterocycles. The molecule has 0 saturated heterocycles. The van der Waals surface area contributed by atoms with Gasteiger partial charge in [0.05, 0.1) is 22.2 Å². The van der Waals surface area contributed by atoms with E-state index in [0.29, 0.717) is 17.5 Å². The molecule has 4 aromatic heterocycles. The number of rotatable bonds is 5. The van der Waals surface area contributed by atoms with E-state index in [2.05, 4.69) is 96.0 Å². The average Bonchev–Trinajstić information content (AvgIpc) is 3.17. The number of benzene rings is 5. The number of para-hydroxylation sites is 1. The Bertz CT molecular complexity index is 2610. The van der Waals surface area contributed by atoms with Crippen molar-refractivity contribution in [3.63, 3.8) is 0 Å². The van der Waals surface area contributed by atoms with Crippen molar-refractivity contribution in [2.75, 3.05) is 0 Å². The summed E-state index contributed by atoms with van der Waals surface area (Å²) in [5.74, 6) is 1.73. The van der Waals surface area contributed by atoms with Gasteiger partial charge in [-0.05, 0) is 41.5 Å². The second-order valence-corrected chi connectivity index (χ2v) is 11.6. The van der Waals surface area contributed by atoms with Gasteiger partial charge in [0.15, 0.2) is 17.5 Å². The topological polar surface area (TPSA) is 77.3 Å². The highest BCUT2D eigenvalue weighted by molar-refractivity contribution is 6.03. The van der Waals surface area contributed by atoms with Crippen molar-refractivity contribution in [1.29, 1.82) is 0 Å². The molecule has 9 aromatic rings. The highest BCUT2D eigenvalue weighted by Crippen LogP contribution is 2.32. The fraction of sp³-hybridized carbons (Fsp3) is 0. The first-order valence-corrected chi connectivity index (χ1v) is 15.8. The Hall–Kier alpha value is -6.66. The maximum Gasteiger partial charge on any atom is 0.166 e. The summed E-state index contributed by atoms with van der Waals surface area (Å²) in [5, 5.41) is 3.14. The van der Waals surface area contributed by atoms with Gasteiger partial charge in [-0.3, -0.25) is 9.97 Å². The predicted molar refractivity (Wildman–Crippen MR) is 193 cm³/mol. The third-order valence-corrected chi connectivity index (χ3v) is 8.61. The Morgan fingerprint density at radius 3 is 1.69 bits per heavy atom. The van der Waals surface area contributed by atoms with Crippen LogP contribution in [0.4, 0.5) is 0 Å². The first kappa shape index (κ1) is 27.6. The number of pyridine rings is 3. The SMILES string of the molecule is c1ccc(-c2ccc(-c3nc(-c4cccc(-c5ccc6ccc7cccnc7c6n5)c4)nc(-c4cccc5cccnc45)n3)cc2)cc1. The van der Waals surface area contributed by atoms with Crippen LogP contribution in [0.3, 0.4) is 0 Å². The molecular formula is C42H26N6. The van der Waals surface area contributed by atoms with E-state index in [0.717, 1.165) is 71.8 Å². The van der Waals surface area contributed by atoms with E-state index in [-0.39, 0.29) is 0 Å². The normalized spacial score (nSPS) is 11.3. The van der Waals surface area contributed by atoms with Crippen LogP contribution in [-0.4, -0.2) is 29.9 Å². The van der Waals surface area contributed by atoms with E-state index in [1.165, 1.54) is 0 Å². The zero-order valence-corrected chi connectivity index (χ0v) is 25.7. The van der Waals surface area contributed by atoms with Crippen LogP contribution in [0.2, 0.25) is 0 Å². The number of fused-ring (bicyclic) bond motifs is 4. The van der Waals surface area contributed by atoms with E-state index in [1.807, 2.05) is 60.8 Å². The first-order valence-electron chi connectivity index (χ1n) is 15.8. The maximum atomic E-state index is 5.08. The molecule has 224 valence electrons. The molecule has 48 heavy (non-hydrogen) atoms. The van der Waals surface area contributed by atoms with Crippen LogP contribution < -0.4 is 0 Å². The lowest BCUT2D eigenvalue weighted by atomic mass is 10.0. The monoisotopic (exact) mass is 614 g/mol. The zero-order valence-electron chi connectivity index (χ0n) is 25.7. The van der Waals surface area contributed by atoms with Crippen LogP contribution in [0.15, 0.2) is 158 Å². The van der Waals surface area contributed by atoms with Gasteiger partial charge in [-0.15, -0.1) is 0 Å². The van der Waals surface area contributed by atoms with Crippen molar-refractivity contribution in [1.82, 2.24) is 29.9 Å². The fourth-order valence-electron chi connectivity index (χ4n) is 6.18. The lowest BCUT2D eigenvalue weighted by molar-refractivity contribution is 1.07. The van der Waals surface area contributed by atoms with E-state index in [1.54, 1.807) is 6.20 Å². The summed E-state index contributed by atoms with van der Waals surface area (Å²) in [6, 6.07) is 49.3. The number of hydrogen-bond acceptors (Lipinski definition) is 6. The van der Waals surface area contributed by atoms with Crippen molar-refractivity contribution < 1.29 is 0 Å². The smallest absolute Gasteiger partial charge is 0.166 e. The van der Waals surface area contributed by atoms with Crippen molar-refractivity contribution >= 4 is 32.7 Å². The Balaban J connectivity index is 1.19. The van der Waals surface area contributed by atoms with Gasteiger partial charge in [0.1, 0.15) is 0 Å². The molecule has 0 radical (unpaired) electrons. The van der Waals surface area contributed by atoms with Gasteiger partial charge in [0.2, 0.25) is 0 Å². The molecule has 0 unspecified atom stereocenters. The molecule has 9 rings (SSSR count). The third-order valence-electron chi connectivity index (χ3n) is 8.61. The predicted octanol–water partition coefficient (Wildman–Crippen LogP) is 9.85. The number of aromatic nitrogens is 6. The highest BCUT2D eigenvalue weighted by Gasteiger charge is 2.16. The summed E-state index contributed by atoms with van der Waals surface area (Å²) >= 11 is 0. The van der Waals surface area contributed by atoms with Crippen molar-refractivity contribution in [2.24, 2.45) is 0 Å². The van der Waals surface area contributed by atoms with Crippen LogP contribution in [-0.2, 0) is 0 Å². The number of hydrogen-bond donors (Lipinski definition) is 0. The van der Waals surface area contributed by atoms with Crippen LogP contribution in [0.25, 0.3) is 89.3 Å². The summed E-state index contributed by atoms with van der Waals surface area (Å²) in [4.78, 5) is 29.5. The molecule has 0 aliphatic carbocycles. The molecule has 0 N–H and O–H groups in total. The molecule has 0 bridgehead atoms. The maximum absolute atomic E-state index is 5.08. The van der Waals surface area contributed by atoms with Crippen molar-refractivity contribution in [3.8, 4) is 56.5 Å². The Labute approximate surface area is 276 Å². The second kappa shape index (κ2) is 11.6. The van der Waals surface area contributed by atoms with E-state index < -0.39 is 0 Å². The lowest BCUT2D eigenvalue weighted by Gasteiger charge is -2.11. The summed E-state index contributed by atoms with van der Waals surface area (Å²) in [6.07, 6.45) is 3.61. The fourth-order valence-corrected chi connectivity index (χ4v) is 6.18. The molecule has 6 heteroatoms. The molecule has 0 saturated carbocycles. The Morgan fingerprint density at radius 1 is 0.312 bits per heavy atom. The van der Waals surface area contributed by atoms with Crippen LogP contribution in [0, 0.1) is 0 Å². The summed E-state index contributed by atoms with van der Waals surface area (Å²) in [5.41, 5.74) is 9.34. The van der Waals surface area contributed by atoms with E-state index in [4.69, 9.17) is 24.9 Å². The van der Waals surface area contributed by atoms with Gasteiger partial charge in [0, 0.05) is 50.8 Å². The van der Waals surface area contributed by atoms with Crippen molar-refractivity contribution in [3.05, 3.63) is 158 Å². The average molecular weight is 615 g/mol. The molecule has 0 fully saturated rings. The van der Waals surface area contributed by atoms with Gasteiger partial charge in [-0.2, -0.15) is 0 Å². The van der Waals surface area contributed by atoms with Crippen molar-refractivity contribution in [2.45, 2.75) is 0 Å². The molecule has 0 spiro atoms. The van der Waals surface area contributed by atoms with Crippen LogP contribution in [0.5, 0.6) is 0 Å². The van der Waals surface area contributed by atoms with Gasteiger partial charge in [-0.25, -0.2) is 19.9 Å². The number of nitrogens with zero attached hydrogens (tertiary/aromatic N) is 6. The third kappa shape index (κ3) is 5.02. The minimum absolute atomic E-state index is 0.568. The highest BCUT2D eigenvalue weighted by atomic mass is 15.0. The minimum Gasteiger partial charge on any atom is -0.255 e. The first-order chi connectivity index (χ1) is 23.8. The van der Waals surface area contributed by atoms with Crippen LogP contribution in [0.1, 0.15) is 0 Å². The van der Waals surface area contributed by atoms with Gasteiger partial charge >= 0.3 is 0 Å². The standard InChI is InChI=1S/C42H26N6/c1-2-8-27(9-3-1)28-16-20-32(21-17-28)40-46-41(48-42(47-40)35-15-5-10-29-13-6-24-43-37(29)35)34-12-4-11-33(26-34)36-23-22-31-19-18-30-14-7-25-44-38(30)39(31)45-36/h1-26H. The van der Waals surface area contributed by atoms with E-state index in [9.17, 15) is 0 Å². The van der Waals surface area contributed by atoms with Crippen LogP contribution >= 0.6 is 0 Å². The molecular weight excluding hydrogens is 589 g/mol. The van der Waals surface area contributed by atoms with Gasteiger partial charge in [0.25, 0.3) is 0 Å². The quantitative estimate of drug-likeness (QED) is 0.180. The largest absolute Gasteiger partial charge is 0.255 e. The van der Waals surface area contributed by atoms with E-state index >= 15 is 0 Å². The second-order valence-electron chi connectivity index (χ2n) is 11.6. The summed E-state index contributed by atoms with van der Waals surface area (Å²) in [6.45, 7) is 0. The zero-order chi connectivity index (χ0) is 31.9. The van der Waals surface area contributed by atoms with Gasteiger partial charge in [-0.1, -0.05) is 115 Å². The summed E-state index contributed by atoms with van der Waals surface area (Å²) in [7, 11) is 0. The Morgan fingerprint density at radius 2 is 0.875 bits per heavy atom. The summed E-state index contributed by atoms with van der Waals surface area (Å²) < 4.78 is 0.